The van der Waals surface area contributed by atoms with Crippen molar-refractivity contribution in [1.29, 1.82) is 0 Å². The van der Waals surface area contributed by atoms with Gasteiger partial charge in [-0.1, -0.05) is 24.6 Å². The summed E-state index contributed by atoms with van der Waals surface area (Å²) in [5.41, 5.74) is 8.53. The summed E-state index contributed by atoms with van der Waals surface area (Å²) in [5, 5.41) is 4.22. The second kappa shape index (κ2) is 5.31. The predicted octanol–water partition coefficient (Wildman–Crippen LogP) is 2.79. The van der Waals surface area contributed by atoms with E-state index in [-0.39, 0.29) is 5.82 Å². The molecule has 4 heteroatoms. The molecule has 0 bridgehead atoms. The smallest absolute Gasteiger partial charge is 0.128 e. The highest BCUT2D eigenvalue weighted by Crippen LogP contribution is 2.23. The van der Waals surface area contributed by atoms with Crippen LogP contribution in [0.1, 0.15) is 36.2 Å². The average molecular weight is 247 g/mol. The highest BCUT2D eigenvalue weighted by atomic mass is 19.1. The predicted molar refractivity (Wildman–Crippen MR) is 69.7 cm³/mol. The van der Waals surface area contributed by atoms with Crippen molar-refractivity contribution < 1.29 is 4.39 Å². The molecule has 1 aromatic carbocycles. The van der Waals surface area contributed by atoms with Gasteiger partial charge in [-0.05, 0) is 25.5 Å². The van der Waals surface area contributed by atoms with Gasteiger partial charge in [0.1, 0.15) is 5.82 Å². The van der Waals surface area contributed by atoms with Gasteiger partial charge in [0, 0.05) is 18.3 Å². The Kier molecular flexibility index (Phi) is 3.77. The van der Waals surface area contributed by atoms with Crippen LogP contribution in [-0.2, 0) is 6.54 Å². The van der Waals surface area contributed by atoms with Gasteiger partial charge < -0.3 is 5.73 Å². The van der Waals surface area contributed by atoms with E-state index in [1.54, 1.807) is 18.3 Å². The van der Waals surface area contributed by atoms with Gasteiger partial charge in [-0.2, -0.15) is 5.10 Å². The summed E-state index contributed by atoms with van der Waals surface area (Å²) in [6.45, 7) is 4.80. The quantitative estimate of drug-likeness (QED) is 0.902. The first-order valence-corrected chi connectivity index (χ1v) is 6.16. The third kappa shape index (κ3) is 2.43. The monoisotopic (exact) mass is 247 g/mol. The largest absolute Gasteiger partial charge is 0.319 e. The molecule has 1 unspecified atom stereocenters. The van der Waals surface area contributed by atoms with Crippen LogP contribution in [0.3, 0.4) is 0 Å². The van der Waals surface area contributed by atoms with Gasteiger partial charge in [0.15, 0.2) is 0 Å². The zero-order chi connectivity index (χ0) is 13.1. The van der Waals surface area contributed by atoms with E-state index in [4.69, 9.17) is 5.73 Å². The molecule has 18 heavy (non-hydrogen) atoms. The number of nitrogens with two attached hydrogens (primary N) is 1. The van der Waals surface area contributed by atoms with Crippen LogP contribution in [0.15, 0.2) is 30.5 Å². The minimum atomic E-state index is -0.473. The van der Waals surface area contributed by atoms with Gasteiger partial charge in [0.25, 0.3) is 0 Å². The maximum Gasteiger partial charge on any atom is 0.128 e. The molecule has 0 fully saturated rings. The fourth-order valence-electron chi connectivity index (χ4n) is 2.07. The third-order valence-corrected chi connectivity index (χ3v) is 2.99. The second-order valence-electron chi connectivity index (χ2n) is 4.48. The lowest BCUT2D eigenvalue weighted by Gasteiger charge is -2.15. The summed E-state index contributed by atoms with van der Waals surface area (Å²) in [4.78, 5) is 0. The van der Waals surface area contributed by atoms with E-state index in [0.717, 1.165) is 24.2 Å². The molecule has 0 radical (unpaired) electrons. The first-order chi connectivity index (χ1) is 8.63. The fourth-order valence-corrected chi connectivity index (χ4v) is 2.07. The molecule has 1 aromatic heterocycles. The Bertz CT molecular complexity index is 534. The number of hydrogen-bond acceptors (Lipinski definition) is 2. The van der Waals surface area contributed by atoms with Crippen molar-refractivity contribution in [1.82, 2.24) is 9.78 Å². The van der Waals surface area contributed by atoms with Gasteiger partial charge >= 0.3 is 0 Å². The highest BCUT2D eigenvalue weighted by molar-refractivity contribution is 5.31. The normalized spacial score (nSPS) is 12.7. The molecular formula is C14H18FN3. The van der Waals surface area contributed by atoms with E-state index in [1.165, 1.54) is 6.07 Å². The molecular weight excluding hydrogens is 229 g/mol. The highest BCUT2D eigenvalue weighted by Gasteiger charge is 2.17. The van der Waals surface area contributed by atoms with E-state index < -0.39 is 6.04 Å². The maximum absolute atomic E-state index is 13.8. The molecule has 0 aliphatic rings. The molecule has 96 valence electrons. The summed E-state index contributed by atoms with van der Waals surface area (Å²) in [6, 6.07) is 6.38. The van der Waals surface area contributed by atoms with Crippen LogP contribution in [0.5, 0.6) is 0 Å². The molecule has 0 saturated carbocycles. The zero-order valence-corrected chi connectivity index (χ0v) is 10.7. The molecule has 0 amide bonds. The van der Waals surface area contributed by atoms with E-state index in [2.05, 4.69) is 12.0 Å². The molecule has 0 saturated heterocycles. The summed E-state index contributed by atoms with van der Waals surface area (Å²) in [6.07, 6.45) is 2.68. The first kappa shape index (κ1) is 12.8. The Hall–Kier alpha value is -1.68. The van der Waals surface area contributed by atoms with E-state index in [9.17, 15) is 4.39 Å². The topological polar surface area (TPSA) is 43.8 Å². The molecule has 0 aliphatic heterocycles. The third-order valence-electron chi connectivity index (χ3n) is 2.99. The van der Waals surface area contributed by atoms with Crippen molar-refractivity contribution in [3.05, 3.63) is 53.1 Å². The molecule has 0 spiro atoms. The van der Waals surface area contributed by atoms with Crippen LogP contribution in [0.25, 0.3) is 0 Å². The lowest BCUT2D eigenvalue weighted by Crippen LogP contribution is -2.19. The molecule has 0 aliphatic carbocycles. The Labute approximate surface area is 106 Å². The van der Waals surface area contributed by atoms with Crippen LogP contribution in [0.2, 0.25) is 0 Å². The Morgan fingerprint density at radius 3 is 2.89 bits per heavy atom. The lowest BCUT2D eigenvalue weighted by molar-refractivity contribution is 0.544. The Balaban J connectivity index is 2.38. The summed E-state index contributed by atoms with van der Waals surface area (Å²) in [7, 11) is 0. The summed E-state index contributed by atoms with van der Waals surface area (Å²) >= 11 is 0. The van der Waals surface area contributed by atoms with Crippen LogP contribution >= 0.6 is 0 Å². The molecule has 3 nitrogen and oxygen atoms in total. The zero-order valence-electron chi connectivity index (χ0n) is 10.7. The van der Waals surface area contributed by atoms with Crippen molar-refractivity contribution in [2.75, 3.05) is 0 Å². The number of rotatable bonds is 4. The van der Waals surface area contributed by atoms with E-state index in [0.29, 0.717) is 5.56 Å². The average Bonchev–Trinajstić information content (AvgIpc) is 2.80. The van der Waals surface area contributed by atoms with Crippen molar-refractivity contribution in [2.45, 2.75) is 32.9 Å². The van der Waals surface area contributed by atoms with Gasteiger partial charge in [-0.15, -0.1) is 0 Å². The molecule has 2 N–H and O–H groups in total. The van der Waals surface area contributed by atoms with E-state index >= 15 is 0 Å². The van der Waals surface area contributed by atoms with Crippen LogP contribution in [0.4, 0.5) is 4.39 Å². The fraction of sp³-hybridized carbons (Fsp3) is 0.357. The molecule has 1 heterocycles. The number of halogens is 1. The Morgan fingerprint density at radius 1 is 1.39 bits per heavy atom. The van der Waals surface area contributed by atoms with Gasteiger partial charge in [-0.25, -0.2) is 4.39 Å². The number of nitrogens with zero attached hydrogens (tertiary/aromatic N) is 2. The molecule has 2 rings (SSSR count). The SMILES string of the molecule is CCCn1nccc1C(N)c1cc(C)ccc1F. The van der Waals surface area contributed by atoms with E-state index in [1.807, 2.05) is 17.7 Å². The Morgan fingerprint density at radius 2 is 2.17 bits per heavy atom. The van der Waals surface area contributed by atoms with Crippen LogP contribution < -0.4 is 5.73 Å². The van der Waals surface area contributed by atoms with Crippen molar-refractivity contribution in [3.63, 3.8) is 0 Å². The molecule has 1 atom stereocenters. The summed E-state index contributed by atoms with van der Waals surface area (Å²) < 4.78 is 15.7. The number of benzene rings is 1. The summed E-state index contributed by atoms with van der Waals surface area (Å²) in [5.74, 6) is -0.266. The number of hydrogen-bond donors (Lipinski definition) is 1. The van der Waals surface area contributed by atoms with Gasteiger partial charge in [0.05, 0.1) is 11.7 Å². The molecule has 2 aromatic rings. The second-order valence-corrected chi connectivity index (χ2v) is 4.48. The minimum Gasteiger partial charge on any atom is -0.319 e. The van der Waals surface area contributed by atoms with Crippen molar-refractivity contribution in [2.24, 2.45) is 5.73 Å². The van der Waals surface area contributed by atoms with Gasteiger partial charge in [-0.3, -0.25) is 4.68 Å². The standard InChI is InChI=1S/C14H18FN3/c1-3-8-18-13(6-7-17-18)14(16)11-9-10(2)4-5-12(11)15/h4-7,9,14H,3,8,16H2,1-2H3. The first-order valence-electron chi connectivity index (χ1n) is 6.16. The maximum atomic E-state index is 13.8. The number of aromatic nitrogens is 2. The van der Waals surface area contributed by atoms with Crippen molar-refractivity contribution in [3.8, 4) is 0 Å². The number of aryl methyl sites for hydroxylation is 2. The van der Waals surface area contributed by atoms with Crippen molar-refractivity contribution >= 4 is 0 Å². The van der Waals surface area contributed by atoms with Crippen LogP contribution in [-0.4, -0.2) is 9.78 Å². The van der Waals surface area contributed by atoms with Gasteiger partial charge in [0.2, 0.25) is 0 Å². The lowest BCUT2D eigenvalue weighted by atomic mass is 10.0. The minimum absolute atomic E-state index is 0.266. The van der Waals surface area contributed by atoms with Crippen LogP contribution in [0, 0.1) is 12.7 Å².